The van der Waals surface area contributed by atoms with E-state index in [0.29, 0.717) is 23.8 Å². The Morgan fingerprint density at radius 3 is 2.44 bits per heavy atom. The number of para-hydroxylation sites is 1. The molecule has 5 heteroatoms. The summed E-state index contributed by atoms with van der Waals surface area (Å²) in [5, 5.41) is 15.3. The lowest BCUT2D eigenvalue weighted by Crippen LogP contribution is -2.27. The van der Waals surface area contributed by atoms with Gasteiger partial charge in [-0.15, -0.1) is 0 Å². The summed E-state index contributed by atoms with van der Waals surface area (Å²) in [5.74, 6) is -0.929. The SMILES string of the molecule is C[C@H](CCc1ccccc1)NCc1c(C(=O)O)n(Cc2ccccc2Cl)c2ccccc12. The lowest BCUT2D eigenvalue weighted by atomic mass is 10.1. The highest BCUT2D eigenvalue weighted by atomic mass is 35.5. The molecule has 4 nitrogen and oxygen atoms in total. The van der Waals surface area contributed by atoms with Crippen LogP contribution in [0.5, 0.6) is 0 Å². The molecule has 0 radical (unpaired) electrons. The number of hydrogen-bond donors (Lipinski definition) is 2. The molecule has 1 aromatic heterocycles. The standard InChI is InChI=1S/C27H27ClN2O2/c1-19(15-16-20-9-3-2-4-10-20)29-17-23-22-12-6-8-14-25(22)30(26(23)27(31)32)18-21-11-5-7-13-24(21)28/h2-14,19,29H,15-18H2,1H3,(H,31,32)/t19-/m1/s1. The lowest BCUT2D eigenvalue weighted by Gasteiger charge is -2.15. The van der Waals surface area contributed by atoms with Crippen molar-refractivity contribution in [1.29, 1.82) is 0 Å². The third kappa shape index (κ3) is 4.87. The maximum Gasteiger partial charge on any atom is 0.352 e. The zero-order valence-electron chi connectivity index (χ0n) is 18.1. The highest BCUT2D eigenvalue weighted by molar-refractivity contribution is 6.31. The molecule has 0 unspecified atom stereocenters. The van der Waals surface area contributed by atoms with Gasteiger partial charge >= 0.3 is 5.97 Å². The smallest absolute Gasteiger partial charge is 0.352 e. The Morgan fingerprint density at radius 1 is 1.00 bits per heavy atom. The number of aromatic nitrogens is 1. The van der Waals surface area contributed by atoms with Gasteiger partial charge in [0.05, 0.1) is 0 Å². The minimum Gasteiger partial charge on any atom is -0.477 e. The summed E-state index contributed by atoms with van der Waals surface area (Å²) < 4.78 is 1.87. The van der Waals surface area contributed by atoms with E-state index in [1.54, 1.807) is 0 Å². The van der Waals surface area contributed by atoms with E-state index in [1.165, 1.54) is 5.56 Å². The Balaban J connectivity index is 1.60. The Hall–Kier alpha value is -3.08. The van der Waals surface area contributed by atoms with E-state index in [2.05, 4.69) is 36.5 Å². The molecule has 0 aliphatic carbocycles. The summed E-state index contributed by atoms with van der Waals surface area (Å²) in [5.41, 5.74) is 4.23. The molecule has 0 spiro atoms. The number of halogens is 1. The highest BCUT2D eigenvalue weighted by Crippen LogP contribution is 2.29. The van der Waals surface area contributed by atoms with Gasteiger partial charge in [0.25, 0.3) is 0 Å². The molecular formula is C27H27ClN2O2. The second-order valence-corrected chi connectivity index (χ2v) is 8.54. The Bertz CT molecular complexity index is 1220. The van der Waals surface area contributed by atoms with Crippen molar-refractivity contribution in [2.24, 2.45) is 0 Å². The molecule has 4 aromatic rings. The van der Waals surface area contributed by atoms with Crippen LogP contribution in [0.1, 0.15) is 40.5 Å². The molecule has 3 aromatic carbocycles. The Morgan fingerprint density at radius 2 is 1.69 bits per heavy atom. The summed E-state index contributed by atoms with van der Waals surface area (Å²) in [6.45, 7) is 3.05. The van der Waals surface area contributed by atoms with Crippen LogP contribution in [0, 0.1) is 0 Å². The van der Waals surface area contributed by atoms with Gasteiger partial charge in [0.2, 0.25) is 0 Å². The van der Waals surface area contributed by atoms with Gasteiger partial charge < -0.3 is 15.0 Å². The first-order valence-corrected chi connectivity index (χ1v) is 11.3. The van der Waals surface area contributed by atoms with Gasteiger partial charge in [0.15, 0.2) is 0 Å². The van der Waals surface area contributed by atoms with Crippen molar-refractivity contribution in [2.45, 2.75) is 38.9 Å². The van der Waals surface area contributed by atoms with E-state index >= 15 is 0 Å². The zero-order chi connectivity index (χ0) is 22.5. The van der Waals surface area contributed by atoms with Crippen LogP contribution < -0.4 is 5.32 Å². The summed E-state index contributed by atoms with van der Waals surface area (Å²) in [7, 11) is 0. The van der Waals surface area contributed by atoms with Gasteiger partial charge in [0, 0.05) is 40.6 Å². The third-order valence-corrected chi connectivity index (χ3v) is 6.27. The van der Waals surface area contributed by atoms with E-state index in [0.717, 1.165) is 34.9 Å². The summed E-state index contributed by atoms with van der Waals surface area (Å²) in [4.78, 5) is 12.4. The van der Waals surface area contributed by atoms with E-state index < -0.39 is 5.97 Å². The summed E-state index contributed by atoms with van der Waals surface area (Å²) >= 11 is 6.38. The van der Waals surface area contributed by atoms with Gasteiger partial charge in [0.1, 0.15) is 5.69 Å². The second-order valence-electron chi connectivity index (χ2n) is 8.13. The maximum absolute atomic E-state index is 12.4. The van der Waals surface area contributed by atoms with Crippen LogP contribution in [0.25, 0.3) is 10.9 Å². The van der Waals surface area contributed by atoms with Crippen molar-refractivity contribution < 1.29 is 9.90 Å². The normalized spacial score (nSPS) is 12.2. The molecule has 0 saturated heterocycles. The summed E-state index contributed by atoms with van der Waals surface area (Å²) in [6.07, 6.45) is 1.96. The molecular weight excluding hydrogens is 420 g/mol. The van der Waals surface area contributed by atoms with Crippen molar-refractivity contribution in [2.75, 3.05) is 0 Å². The number of carboxylic acids is 1. The van der Waals surface area contributed by atoms with Crippen LogP contribution >= 0.6 is 11.6 Å². The number of hydrogen-bond acceptors (Lipinski definition) is 2. The average molecular weight is 447 g/mol. The monoisotopic (exact) mass is 446 g/mol. The average Bonchev–Trinajstić information content (AvgIpc) is 3.12. The zero-order valence-corrected chi connectivity index (χ0v) is 18.8. The lowest BCUT2D eigenvalue weighted by molar-refractivity contribution is 0.0684. The largest absolute Gasteiger partial charge is 0.477 e. The number of rotatable bonds is 9. The molecule has 0 fully saturated rings. The molecule has 1 heterocycles. The fourth-order valence-electron chi connectivity index (χ4n) is 4.17. The quantitative estimate of drug-likeness (QED) is 0.324. The number of nitrogens with one attached hydrogen (secondary N) is 1. The van der Waals surface area contributed by atoms with Crippen LogP contribution in [-0.2, 0) is 19.5 Å². The second kappa shape index (κ2) is 10.0. The molecule has 0 bridgehead atoms. The number of carboxylic acid groups (broad SMARTS) is 1. The van der Waals surface area contributed by atoms with Crippen LogP contribution in [0.15, 0.2) is 78.9 Å². The number of benzene rings is 3. The van der Waals surface area contributed by atoms with Crippen LogP contribution in [0.4, 0.5) is 0 Å². The van der Waals surface area contributed by atoms with Crippen LogP contribution in [0.3, 0.4) is 0 Å². The molecule has 4 rings (SSSR count). The predicted octanol–water partition coefficient (Wildman–Crippen LogP) is 6.15. The van der Waals surface area contributed by atoms with E-state index in [-0.39, 0.29) is 6.04 Å². The first kappa shape index (κ1) is 22.1. The highest BCUT2D eigenvalue weighted by Gasteiger charge is 2.23. The molecule has 0 amide bonds. The molecule has 0 aliphatic heterocycles. The topological polar surface area (TPSA) is 54.3 Å². The minimum atomic E-state index is -0.929. The van der Waals surface area contributed by atoms with Gasteiger partial charge in [-0.3, -0.25) is 0 Å². The Kier molecular flexibility index (Phi) is 6.93. The molecule has 164 valence electrons. The van der Waals surface area contributed by atoms with Gasteiger partial charge in [-0.05, 0) is 43.0 Å². The van der Waals surface area contributed by atoms with Crippen LogP contribution in [0.2, 0.25) is 5.02 Å². The fraction of sp³-hybridized carbons (Fsp3) is 0.222. The fourth-order valence-corrected chi connectivity index (χ4v) is 4.36. The van der Waals surface area contributed by atoms with Crippen LogP contribution in [-0.4, -0.2) is 21.7 Å². The first-order chi connectivity index (χ1) is 15.5. The predicted molar refractivity (Wildman–Crippen MR) is 131 cm³/mol. The van der Waals surface area contributed by atoms with E-state index in [1.807, 2.05) is 59.2 Å². The number of aryl methyl sites for hydroxylation is 1. The minimum absolute atomic E-state index is 0.252. The van der Waals surface area contributed by atoms with Gasteiger partial charge in [-0.25, -0.2) is 4.79 Å². The number of carbonyl (C=O) groups is 1. The van der Waals surface area contributed by atoms with Crippen molar-refractivity contribution >= 4 is 28.5 Å². The van der Waals surface area contributed by atoms with Gasteiger partial charge in [-0.1, -0.05) is 78.3 Å². The number of fused-ring (bicyclic) bond motifs is 1. The number of aromatic carboxylic acids is 1. The van der Waals surface area contributed by atoms with Gasteiger partial charge in [-0.2, -0.15) is 0 Å². The van der Waals surface area contributed by atoms with Crippen molar-refractivity contribution in [1.82, 2.24) is 9.88 Å². The molecule has 2 N–H and O–H groups in total. The van der Waals surface area contributed by atoms with Crippen molar-refractivity contribution in [3.63, 3.8) is 0 Å². The van der Waals surface area contributed by atoms with E-state index in [9.17, 15) is 9.90 Å². The van der Waals surface area contributed by atoms with E-state index in [4.69, 9.17) is 11.6 Å². The number of nitrogens with zero attached hydrogens (tertiary/aromatic N) is 1. The third-order valence-electron chi connectivity index (χ3n) is 5.90. The first-order valence-electron chi connectivity index (χ1n) is 10.9. The molecule has 0 saturated carbocycles. The summed E-state index contributed by atoms with van der Waals surface area (Å²) in [6, 6.07) is 26.1. The van der Waals surface area contributed by atoms with Crippen molar-refractivity contribution in [3.8, 4) is 0 Å². The molecule has 32 heavy (non-hydrogen) atoms. The van der Waals surface area contributed by atoms with Crippen molar-refractivity contribution in [3.05, 3.63) is 106 Å². The molecule has 1 atom stereocenters. The Labute approximate surface area is 193 Å². The molecule has 0 aliphatic rings. The maximum atomic E-state index is 12.4.